The Bertz CT molecular complexity index is 1110. The number of carbonyl (C=O) groups is 1. The molecule has 0 heterocycles. The van der Waals surface area contributed by atoms with E-state index in [1.807, 2.05) is 6.92 Å². The highest BCUT2D eigenvalue weighted by Crippen LogP contribution is 2.29. The molecule has 0 fully saturated rings. The summed E-state index contributed by atoms with van der Waals surface area (Å²) in [4.78, 5) is 11.8. The van der Waals surface area contributed by atoms with Crippen LogP contribution in [-0.2, 0) is 16.6 Å². The Kier molecular flexibility index (Phi) is 5.72. The molecule has 0 aliphatic rings. The number of hydrogen-bond acceptors (Lipinski definition) is 3. The molecule has 1 N–H and O–H groups in total. The Labute approximate surface area is 168 Å². The standard InChI is InChI=1S/C21H18ClNO4S/c1-15-9-11-18(12-10-15)28(26,27)23(14-16-5-4-6-17(22)13-16)20-8-3-2-7-19(20)21(24)25/h2-13H,14H2,1H3,(H,24,25). The summed E-state index contributed by atoms with van der Waals surface area (Å²) in [6.07, 6.45) is 0. The van der Waals surface area contributed by atoms with Gasteiger partial charge in [-0.1, -0.05) is 53.6 Å². The number of sulfonamides is 1. The van der Waals surface area contributed by atoms with Gasteiger partial charge in [-0.2, -0.15) is 0 Å². The Morgan fingerprint density at radius 2 is 1.68 bits per heavy atom. The molecular formula is C21H18ClNO4S. The van der Waals surface area contributed by atoms with Crippen molar-refractivity contribution in [2.24, 2.45) is 0 Å². The summed E-state index contributed by atoms with van der Waals surface area (Å²) >= 11 is 6.04. The number of para-hydroxylation sites is 1. The predicted octanol–water partition coefficient (Wildman–Crippen LogP) is 4.74. The number of carboxylic acids is 1. The lowest BCUT2D eigenvalue weighted by molar-refractivity contribution is 0.0697. The smallest absolute Gasteiger partial charge is 0.337 e. The van der Waals surface area contributed by atoms with E-state index in [2.05, 4.69) is 0 Å². The molecule has 0 aromatic heterocycles. The highest BCUT2D eigenvalue weighted by atomic mass is 35.5. The molecule has 0 saturated heterocycles. The zero-order valence-electron chi connectivity index (χ0n) is 15.0. The third kappa shape index (κ3) is 4.18. The van der Waals surface area contributed by atoms with E-state index < -0.39 is 16.0 Å². The van der Waals surface area contributed by atoms with Gasteiger partial charge < -0.3 is 5.11 Å². The number of anilines is 1. The number of carboxylic acid groups (broad SMARTS) is 1. The number of halogens is 1. The maximum absolute atomic E-state index is 13.4. The van der Waals surface area contributed by atoms with E-state index in [1.165, 1.54) is 24.3 Å². The first kappa shape index (κ1) is 19.9. The van der Waals surface area contributed by atoms with E-state index in [0.717, 1.165) is 9.87 Å². The van der Waals surface area contributed by atoms with Gasteiger partial charge >= 0.3 is 5.97 Å². The van der Waals surface area contributed by atoms with Gasteiger partial charge in [-0.3, -0.25) is 4.31 Å². The summed E-state index contributed by atoms with van der Waals surface area (Å²) < 4.78 is 27.9. The van der Waals surface area contributed by atoms with Crippen molar-refractivity contribution < 1.29 is 18.3 Å². The van der Waals surface area contributed by atoms with Crippen LogP contribution in [0.1, 0.15) is 21.5 Å². The zero-order valence-corrected chi connectivity index (χ0v) is 16.6. The van der Waals surface area contributed by atoms with Gasteiger partial charge in [0.1, 0.15) is 0 Å². The second-order valence-corrected chi connectivity index (χ2v) is 8.58. The molecular weight excluding hydrogens is 398 g/mol. The first-order valence-corrected chi connectivity index (χ1v) is 10.3. The Morgan fingerprint density at radius 1 is 1.00 bits per heavy atom. The maximum Gasteiger partial charge on any atom is 0.337 e. The quantitative estimate of drug-likeness (QED) is 0.630. The lowest BCUT2D eigenvalue weighted by Crippen LogP contribution is -2.32. The average molecular weight is 416 g/mol. The molecule has 7 heteroatoms. The summed E-state index contributed by atoms with van der Waals surface area (Å²) in [7, 11) is -4.01. The lowest BCUT2D eigenvalue weighted by Gasteiger charge is -2.26. The van der Waals surface area contributed by atoms with Crippen LogP contribution < -0.4 is 4.31 Å². The normalized spacial score (nSPS) is 11.2. The number of rotatable bonds is 6. The van der Waals surface area contributed by atoms with Gasteiger partial charge in [0.15, 0.2) is 0 Å². The van der Waals surface area contributed by atoms with Gasteiger partial charge in [-0.05, 0) is 48.9 Å². The van der Waals surface area contributed by atoms with Crippen LogP contribution in [0.25, 0.3) is 0 Å². The number of aryl methyl sites for hydroxylation is 1. The monoisotopic (exact) mass is 415 g/mol. The SMILES string of the molecule is Cc1ccc(S(=O)(=O)N(Cc2cccc(Cl)c2)c2ccccc2C(=O)O)cc1. The van der Waals surface area contributed by atoms with Crippen molar-refractivity contribution in [2.45, 2.75) is 18.4 Å². The molecule has 0 atom stereocenters. The number of nitrogens with zero attached hydrogens (tertiary/aromatic N) is 1. The summed E-state index contributed by atoms with van der Waals surface area (Å²) in [5, 5.41) is 10.0. The minimum absolute atomic E-state index is 0.0545. The fourth-order valence-corrected chi connectivity index (χ4v) is 4.49. The van der Waals surface area contributed by atoms with E-state index in [1.54, 1.807) is 48.5 Å². The van der Waals surface area contributed by atoms with Crippen molar-refractivity contribution in [3.05, 3.63) is 94.5 Å². The van der Waals surface area contributed by atoms with Crippen LogP contribution in [0.2, 0.25) is 5.02 Å². The van der Waals surface area contributed by atoms with Crippen LogP contribution in [0.3, 0.4) is 0 Å². The topological polar surface area (TPSA) is 74.7 Å². The first-order valence-electron chi connectivity index (χ1n) is 8.45. The van der Waals surface area contributed by atoms with Crippen LogP contribution in [-0.4, -0.2) is 19.5 Å². The summed E-state index contributed by atoms with van der Waals surface area (Å²) in [5.74, 6) is -1.20. The second-order valence-electron chi connectivity index (χ2n) is 6.28. The van der Waals surface area contributed by atoms with Crippen LogP contribution in [0.5, 0.6) is 0 Å². The van der Waals surface area contributed by atoms with E-state index in [-0.39, 0.29) is 22.7 Å². The van der Waals surface area contributed by atoms with Crippen molar-refractivity contribution in [1.82, 2.24) is 0 Å². The molecule has 0 radical (unpaired) electrons. The molecule has 0 aliphatic heterocycles. The number of aromatic carboxylic acids is 1. The van der Waals surface area contributed by atoms with Crippen molar-refractivity contribution in [2.75, 3.05) is 4.31 Å². The summed E-state index contributed by atoms with van der Waals surface area (Å²) in [5.41, 5.74) is 1.56. The van der Waals surface area contributed by atoms with Gasteiger partial charge in [0.25, 0.3) is 10.0 Å². The Hall–Kier alpha value is -2.83. The molecule has 0 saturated carbocycles. The maximum atomic E-state index is 13.4. The third-order valence-electron chi connectivity index (χ3n) is 4.23. The van der Waals surface area contributed by atoms with E-state index >= 15 is 0 Å². The van der Waals surface area contributed by atoms with E-state index in [0.29, 0.717) is 10.6 Å². The van der Waals surface area contributed by atoms with Gasteiger partial charge in [0.05, 0.1) is 22.7 Å². The molecule has 3 rings (SSSR count). The van der Waals surface area contributed by atoms with Crippen molar-refractivity contribution in [3.63, 3.8) is 0 Å². The lowest BCUT2D eigenvalue weighted by atomic mass is 10.1. The minimum atomic E-state index is -4.01. The van der Waals surface area contributed by atoms with Crippen molar-refractivity contribution in [3.8, 4) is 0 Å². The Morgan fingerprint density at radius 3 is 2.32 bits per heavy atom. The fraction of sp³-hybridized carbons (Fsp3) is 0.0952. The molecule has 0 bridgehead atoms. The fourth-order valence-electron chi connectivity index (χ4n) is 2.81. The number of hydrogen-bond donors (Lipinski definition) is 1. The summed E-state index contributed by atoms with van der Waals surface area (Å²) in [6, 6.07) is 19.3. The molecule has 28 heavy (non-hydrogen) atoms. The molecule has 0 amide bonds. The predicted molar refractivity (Wildman–Crippen MR) is 109 cm³/mol. The van der Waals surface area contributed by atoms with Crippen molar-refractivity contribution in [1.29, 1.82) is 0 Å². The van der Waals surface area contributed by atoms with Crippen LogP contribution in [0.4, 0.5) is 5.69 Å². The summed E-state index contributed by atoms with van der Waals surface area (Å²) in [6.45, 7) is 1.81. The van der Waals surface area contributed by atoms with Gasteiger partial charge in [0.2, 0.25) is 0 Å². The molecule has 3 aromatic rings. The largest absolute Gasteiger partial charge is 0.478 e. The molecule has 0 unspecified atom stereocenters. The van der Waals surface area contributed by atoms with Crippen LogP contribution >= 0.6 is 11.6 Å². The molecule has 0 aliphatic carbocycles. The highest BCUT2D eigenvalue weighted by Gasteiger charge is 2.28. The van der Waals surface area contributed by atoms with Gasteiger partial charge in [0, 0.05) is 5.02 Å². The van der Waals surface area contributed by atoms with Gasteiger partial charge in [-0.25, -0.2) is 13.2 Å². The molecule has 5 nitrogen and oxygen atoms in total. The van der Waals surface area contributed by atoms with Gasteiger partial charge in [-0.15, -0.1) is 0 Å². The first-order chi connectivity index (χ1) is 13.3. The van der Waals surface area contributed by atoms with E-state index in [4.69, 9.17) is 11.6 Å². The minimum Gasteiger partial charge on any atom is -0.478 e. The highest BCUT2D eigenvalue weighted by molar-refractivity contribution is 7.92. The molecule has 3 aromatic carbocycles. The third-order valence-corrected chi connectivity index (χ3v) is 6.24. The average Bonchev–Trinajstić information content (AvgIpc) is 2.66. The second kappa shape index (κ2) is 8.04. The van der Waals surface area contributed by atoms with E-state index in [9.17, 15) is 18.3 Å². The van der Waals surface area contributed by atoms with Crippen LogP contribution in [0, 0.1) is 6.92 Å². The molecule has 144 valence electrons. The van der Waals surface area contributed by atoms with Crippen LogP contribution in [0.15, 0.2) is 77.7 Å². The molecule has 0 spiro atoms. The van der Waals surface area contributed by atoms with Crippen molar-refractivity contribution >= 4 is 33.3 Å². The number of benzene rings is 3. The Balaban J connectivity index is 2.17. The zero-order chi connectivity index (χ0) is 20.3.